The summed E-state index contributed by atoms with van der Waals surface area (Å²) in [5, 5.41) is 9.52. The van der Waals surface area contributed by atoms with Crippen molar-refractivity contribution in [2.75, 3.05) is 26.3 Å². The number of amides is 2. The average Bonchev–Trinajstić information content (AvgIpc) is 2.85. The second kappa shape index (κ2) is 9.12. The van der Waals surface area contributed by atoms with Gasteiger partial charge in [-0.3, -0.25) is 14.3 Å². The van der Waals surface area contributed by atoms with Crippen LogP contribution in [0.1, 0.15) is 36.5 Å². The Morgan fingerprint density at radius 3 is 2.76 bits per heavy atom. The Balaban J connectivity index is 2.30. The van der Waals surface area contributed by atoms with E-state index in [0.717, 1.165) is 12.1 Å². The molecule has 0 aromatic carbocycles. The van der Waals surface area contributed by atoms with Gasteiger partial charge < -0.3 is 15.4 Å². The number of rotatable bonds is 9. The minimum atomic E-state index is -0.290. The zero-order valence-electron chi connectivity index (χ0n) is 12.9. The second-order valence-electron chi connectivity index (χ2n) is 4.57. The Bertz CT molecular complexity index is 471. The van der Waals surface area contributed by atoms with Crippen LogP contribution in [-0.4, -0.2) is 47.9 Å². The normalized spacial score (nSPS) is 10.4. The van der Waals surface area contributed by atoms with E-state index in [9.17, 15) is 9.59 Å². The van der Waals surface area contributed by atoms with E-state index in [1.54, 1.807) is 10.7 Å². The molecule has 1 rings (SSSR count). The van der Waals surface area contributed by atoms with Crippen LogP contribution in [0.25, 0.3) is 0 Å². The van der Waals surface area contributed by atoms with Crippen LogP contribution in [0.2, 0.25) is 0 Å². The van der Waals surface area contributed by atoms with Gasteiger partial charge in [0.15, 0.2) is 0 Å². The molecule has 21 heavy (non-hydrogen) atoms. The second-order valence-corrected chi connectivity index (χ2v) is 4.57. The van der Waals surface area contributed by atoms with Crippen molar-refractivity contribution in [1.82, 2.24) is 20.4 Å². The van der Waals surface area contributed by atoms with Gasteiger partial charge in [0.2, 0.25) is 5.91 Å². The van der Waals surface area contributed by atoms with Crippen molar-refractivity contribution in [3.05, 3.63) is 17.5 Å². The molecule has 1 aromatic heterocycles. The third-order valence-corrected chi connectivity index (χ3v) is 2.84. The van der Waals surface area contributed by atoms with Gasteiger partial charge >= 0.3 is 0 Å². The summed E-state index contributed by atoms with van der Waals surface area (Å²) >= 11 is 0. The largest absolute Gasteiger partial charge is 0.382 e. The molecule has 2 N–H and O–H groups in total. The van der Waals surface area contributed by atoms with Crippen LogP contribution in [0.3, 0.4) is 0 Å². The maximum atomic E-state index is 12.0. The minimum absolute atomic E-state index is 0.0403. The fourth-order valence-electron chi connectivity index (χ4n) is 1.83. The molecule has 0 radical (unpaired) electrons. The quantitative estimate of drug-likeness (QED) is 0.649. The summed E-state index contributed by atoms with van der Waals surface area (Å²) in [6, 6.07) is 1.71. The summed E-state index contributed by atoms with van der Waals surface area (Å²) in [7, 11) is 0. The van der Waals surface area contributed by atoms with Gasteiger partial charge in [0.25, 0.3) is 5.91 Å². The van der Waals surface area contributed by atoms with E-state index in [0.29, 0.717) is 32.0 Å². The maximum Gasteiger partial charge on any atom is 0.269 e. The molecular weight excluding hydrogens is 272 g/mol. The first-order valence-electron chi connectivity index (χ1n) is 7.25. The van der Waals surface area contributed by atoms with Gasteiger partial charge in [-0.25, -0.2) is 0 Å². The van der Waals surface area contributed by atoms with Crippen LogP contribution in [0, 0.1) is 6.92 Å². The molecule has 7 heteroatoms. The fraction of sp³-hybridized carbons (Fsp3) is 0.643. The van der Waals surface area contributed by atoms with Gasteiger partial charge in [0, 0.05) is 26.3 Å². The van der Waals surface area contributed by atoms with E-state index in [1.807, 2.05) is 20.8 Å². The summed E-state index contributed by atoms with van der Waals surface area (Å²) in [5.74, 6) is -0.499. The van der Waals surface area contributed by atoms with Crippen molar-refractivity contribution in [2.45, 2.75) is 33.7 Å². The number of ether oxygens (including phenoxy) is 1. The van der Waals surface area contributed by atoms with Crippen LogP contribution < -0.4 is 10.6 Å². The Morgan fingerprint density at radius 2 is 2.10 bits per heavy atom. The van der Waals surface area contributed by atoms with E-state index < -0.39 is 0 Å². The lowest BCUT2D eigenvalue weighted by Crippen LogP contribution is -2.38. The SMILES string of the molecule is CCOCCCNC(=O)CNC(=O)c1cc(C)nn1CC. The zero-order valence-corrected chi connectivity index (χ0v) is 12.9. The topological polar surface area (TPSA) is 85.2 Å². The number of nitrogens with zero attached hydrogens (tertiary/aromatic N) is 2. The van der Waals surface area contributed by atoms with E-state index in [-0.39, 0.29) is 18.4 Å². The van der Waals surface area contributed by atoms with E-state index >= 15 is 0 Å². The Kier molecular flexibility index (Phi) is 7.45. The number of hydrogen-bond donors (Lipinski definition) is 2. The Labute approximate surface area is 125 Å². The van der Waals surface area contributed by atoms with Gasteiger partial charge in [0.1, 0.15) is 5.69 Å². The summed E-state index contributed by atoms with van der Waals surface area (Å²) in [6.07, 6.45) is 0.759. The predicted octanol–water partition coefficient (Wildman–Crippen LogP) is 0.484. The van der Waals surface area contributed by atoms with Crippen LogP contribution in [0.15, 0.2) is 6.07 Å². The lowest BCUT2D eigenvalue weighted by Gasteiger charge is -2.08. The minimum Gasteiger partial charge on any atom is -0.382 e. The lowest BCUT2D eigenvalue weighted by atomic mass is 10.3. The third-order valence-electron chi connectivity index (χ3n) is 2.84. The van der Waals surface area contributed by atoms with E-state index in [1.165, 1.54) is 0 Å². The maximum absolute atomic E-state index is 12.0. The first kappa shape index (κ1) is 17.2. The molecule has 0 aliphatic carbocycles. The monoisotopic (exact) mass is 296 g/mol. The van der Waals surface area contributed by atoms with Crippen LogP contribution in [0.5, 0.6) is 0 Å². The summed E-state index contributed by atoms with van der Waals surface area (Å²) in [5.41, 5.74) is 1.25. The molecule has 118 valence electrons. The summed E-state index contributed by atoms with van der Waals surface area (Å²) < 4.78 is 6.78. The molecule has 0 aliphatic heterocycles. The van der Waals surface area contributed by atoms with Crippen molar-refractivity contribution >= 4 is 11.8 Å². The lowest BCUT2D eigenvalue weighted by molar-refractivity contribution is -0.120. The van der Waals surface area contributed by atoms with E-state index in [2.05, 4.69) is 15.7 Å². The average molecular weight is 296 g/mol. The van der Waals surface area contributed by atoms with E-state index in [4.69, 9.17) is 4.74 Å². The van der Waals surface area contributed by atoms with Gasteiger partial charge in [-0.05, 0) is 33.3 Å². The molecule has 0 spiro atoms. The fourth-order valence-corrected chi connectivity index (χ4v) is 1.83. The van der Waals surface area contributed by atoms with Crippen molar-refractivity contribution in [3.63, 3.8) is 0 Å². The van der Waals surface area contributed by atoms with Crippen LogP contribution >= 0.6 is 0 Å². The highest BCUT2D eigenvalue weighted by atomic mass is 16.5. The van der Waals surface area contributed by atoms with Crippen molar-refractivity contribution in [3.8, 4) is 0 Å². The molecule has 1 heterocycles. The molecule has 7 nitrogen and oxygen atoms in total. The number of carbonyl (C=O) groups is 2. The first-order chi connectivity index (χ1) is 10.1. The Hall–Kier alpha value is -1.89. The molecule has 0 bridgehead atoms. The number of aromatic nitrogens is 2. The van der Waals surface area contributed by atoms with Gasteiger partial charge in [0.05, 0.1) is 12.2 Å². The smallest absolute Gasteiger partial charge is 0.269 e. The third kappa shape index (κ3) is 5.95. The highest BCUT2D eigenvalue weighted by Gasteiger charge is 2.13. The highest BCUT2D eigenvalue weighted by Crippen LogP contribution is 2.03. The van der Waals surface area contributed by atoms with Crippen molar-refractivity contribution in [1.29, 1.82) is 0 Å². The van der Waals surface area contributed by atoms with Crippen molar-refractivity contribution < 1.29 is 14.3 Å². The molecule has 0 saturated carbocycles. The zero-order chi connectivity index (χ0) is 15.7. The molecule has 2 amide bonds. The molecule has 0 unspecified atom stereocenters. The molecule has 0 aliphatic rings. The van der Waals surface area contributed by atoms with Crippen molar-refractivity contribution in [2.24, 2.45) is 0 Å². The summed E-state index contributed by atoms with van der Waals surface area (Å²) in [6.45, 7) is 8.08. The summed E-state index contributed by atoms with van der Waals surface area (Å²) in [4.78, 5) is 23.6. The number of aryl methyl sites for hydroxylation is 2. The molecular formula is C14H24N4O3. The molecule has 0 atom stereocenters. The van der Waals surface area contributed by atoms with Crippen LogP contribution in [-0.2, 0) is 16.1 Å². The molecule has 0 fully saturated rings. The highest BCUT2D eigenvalue weighted by molar-refractivity contribution is 5.95. The van der Waals surface area contributed by atoms with Crippen LogP contribution in [0.4, 0.5) is 0 Å². The number of carbonyl (C=O) groups excluding carboxylic acids is 2. The Morgan fingerprint density at radius 1 is 1.33 bits per heavy atom. The number of nitrogens with one attached hydrogen (secondary N) is 2. The first-order valence-corrected chi connectivity index (χ1v) is 7.25. The van der Waals surface area contributed by atoms with Gasteiger partial charge in [-0.1, -0.05) is 0 Å². The molecule has 1 aromatic rings. The number of hydrogen-bond acceptors (Lipinski definition) is 4. The molecule has 0 saturated heterocycles. The van der Waals surface area contributed by atoms with Gasteiger partial charge in [-0.15, -0.1) is 0 Å². The standard InChI is InChI=1S/C14H24N4O3/c1-4-18-12(9-11(3)17-18)14(20)16-10-13(19)15-7-6-8-21-5-2/h9H,4-8,10H2,1-3H3,(H,15,19)(H,16,20). The van der Waals surface area contributed by atoms with Gasteiger partial charge in [-0.2, -0.15) is 5.10 Å². The predicted molar refractivity (Wildman–Crippen MR) is 79.1 cm³/mol.